The first-order chi connectivity index (χ1) is 9.47. The average Bonchev–Trinajstić information content (AvgIpc) is 2.43. The molecule has 2 rings (SSSR count). The van der Waals surface area contributed by atoms with Crippen LogP contribution in [0.3, 0.4) is 0 Å². The molecule has 20 heavy (non-hydrogen) atoms. The number of aliphatic hydroxyl groups excluding tert-OH is 1. The van der Waals surface area contributed by atoms with E-state index in [4.69, 9.17) is 16.3 Å². The van der Waals surface area contributed by atoms with Crippen molar-refractivity contribution in [2.45, 2.75) is 18.4 Å². The second kappa shape index (κ2) is 6.03. The van der Waals surface area contributed by atoms with Crippen molar-refractivity contribution in [3.8, 4) is 0 Å². The Bertz CT molecular complexity index is 519. The molecule has 0 saturated carbocycles. The van der Waals surface area contributed by atoms with E-state index in [1.54, 1.807) is 0 Å². The molecule has 1 aliphatic rings. The Labute approximate surface area is 119 Å². The lowest BCUT2D eigenvalue weighted by molar-refractivity contribution is 0.0125. The standard InChI is InChI=1S/C13H14ClF2NO3/c14-9-6-11(16)10(15)5-8(9)12(19)17-13(7-18)1-3-20-4-2-13/h5-6,18H,1-4,7H2,(H,17,19). The van der Waals surface area contributed by atoms with Crippen molar-refractivity contribution in [3.63, 3.8) is 0 Å². The summed E-state index contributed by atoms with van der Waals surface area (Å²) in [7, 11) is 0. The number of carbonyl (C=O) groups is 1. The predicted octanol–water partition coefficient (Wildman–Crippen LogP) is 1.89. The van der Waals surface area contributed by atoms with Crippen molar-refractivity contribution in [3.05, 3.63) is 34.4 Å². The number of benzene rings is 1. The highest BCUT2D eigenvalue weighted by atomic mass is 35.5. The normalized spacial score (nSPS) is 17.8. The van der Waals surface area contributed by atoms with Gasteiger partial charge in [0.2, 0.25) is 0 Å². The summed E-state index contributed by atoms with van der Waals surface area (Å²) in [5.74, 6) is -2.91. The van der Waals surface area contributed by atoms with Crippen LogP contribution in [0.2, 0.25) is 5.02 Å². The lowest BCUT2D eigenvalue weighted by Crippen LogP contribution is -2.54. The van der Waals surface area contributed by atoms with Crippen LogP contribution < -0.4 is 5.32 Å². The zero-order valence-electron chi connectivity index (χ0n) is 10.6. The molecule has 1 saturated heterocycles. The van der Waals surface area contributed by atoms with Gasteiger partial charge in [-0.15, -0.1) is 0 Å². The summed E-state index contributed by atoms with van der Waals surface area (Å²) >= 11 is 5.75. The highest BCUT2D eigenvalue weighted by Gasteiger charge is 2.34. The number of halogens is 3. The molecule has 0 aliphatic carbocycles. The van der Waals surface area contributed by atoms with Crippen molar-refractivity contribution < 1.29 is 23.4 Å². The molecule has 0 aromatic heterocycles. The molecule has 0 unspecified atom stereocenters. The number of aliphatic hydroxyl groups is 1. The molecule has 1 amide bonds. The Balaban J connectivity index is 2.21. The van der Waals surface area contributed by atoms with Crippen LogP contribution in [0.25, 0.3) is 0 Å². The van der Waals surface area contributed by atoms with Gasteiger partial charge in [-0.2, -0.15) is 0 Å². The number of nitrogens with one attached hydrogen (secondary N) is 1. The van der Waals surface area contributed by atoms with Crippen LogP contribution in [0.15, 0.2) is 12.1 Å². The number of rotatable bonds is 3. The van der Waals surface area contributed by atoms with E-state index in [9.17, 15) is 18.7 Å². The van der Waals surface area contributed by atoms with E-state index in [2.05, 4.69) is 5.32 Å². The quantitative estimate of drug-likeness (QED) is 0.839. The first-order valence-electron chi connectivity index (χ1n) is 6.13. The lowest BCUT2D eigenvalue weighted by Gasteiger charge is -2.36. The maximum Gasteiger partial charge on any atom is 0.253 e. The third-order valence-electron chi connectivity index (χ3n) is 3.39. The first kappa shape index (κ1) is 15.2. The average molecular weight is 306 g/mol. The van der Waals surface area contributed by atoms with E-state index in [-0.39, 0.29) is 17.2 Å². The van der Waals surface area contributed by atoms with E-state index in [1.807, 2.05) is 0 Å². The summed E-state index contributed by atoms with van der Waals surface area (Å²) in [6.07, 6.45) is 0.882. The SMILES string of the molecule is O=C(NC1(CO)CCOCC1)c1cc(F)c(F)cc1Cl. The molecule has 1 aromatic carbocycles. The van der Waals surface area contributed by atoms with Crippen LogP contribution >= 0.6 is 11.6 Å². The van der Waals surface area contributed by atoms with Gasteiger partial charge in [0.1, 0.15) is 0 Å². The fraction of sp³-hybridized carbons (Fsp3) is 0.462. The van der Waals surface area contributed by atoms with Crippen LogP contribution in [0.4, 0.5) is 8.78 Å². The van der Waals surface area contributed by atoms with Gasteiger partial charge in [-0.1, -0.05) is 11.6 Å². The molecule has 2 N–H and O–H groups in total. The summed E-state index contributed by atoms with van der Waals surface area (Å²) < 4.78 is 31.3. The molecule has 0 atom stereocenters. The Kier molecular flexibility index (Phi) is 4.57. The molecule has 1 aliphatic heterocycles. The van der Waals surface area contributed by atoms with Gasteiger partial charge < -0.3 is 15.2 Å². The van der Waals surface area contributed by atoms with Crippen LogP contribution in [0.1, 0.15) is 23.2 Å². The van der Waals surface area contributed by atoms with Crippen LogP contribution in [-0.4, -0.2) is 36.4 Å². The molecule has 110 valence electrons. The van der Waals surface area contributed by atoms with E-state index in [0.29, 0.717) is 26.1 Å². The van der Waals surface area contributed by atoms with Crippen molar-refractivity contribution in [2.24, 2.45) is 0 Å². The molecular weight excluding hydrogens is 292 g/mol. The maximum absolute atomic E-state index is 13.2. The molecule has 0 spiro atoms. The van der Waals surface area contributed by atoms with Gasteiger partial charge in [0.25, 0.3) is 5.91 Å². The van der Waals surface area contributed by atoms with Gasteiger partial charge in [0.05, 0.1) is 22.7 Å². The Hall–Kier alpha value is -1.24. The zero-order chi connectivity index (χ0) is 14.8. The fourth-order valence-electron chi connectivity index (χ4n) is 2.09. The number of amides is 1. The minimum Gasteiger partial charge on any atom is -0.394 e. The molecular formula is C13H14ClF2NO3. The third-order valence-corrected chi connectivity index (χ3v) is 3.70. The highest BCUT2D eigenvalue weighted by Crippen LogP contribution is 2.24. The largest absolute Gasteiger partial charge is 0.394 e. The van der Waals surface area contributed by atoms with Crippen molar-refractivity contribution >= 4 is 17.5 Å². The molecule has 7 heteroatoms. The van der Waals surface area contributed by atoms with Crippen LogP contribution in [0.5, 0.6) is 0 Å². The van der Waals surface area contributed by atoms with E-state index in [0.717, 1.165) is 12.1 Å². The van der Waals surface area contributed by atoms with Crippen molar-refractivity contribution in [1.82, 2.24) is 5.32 Å². The highest BCUT2D eigenvalue weighted by molar-refractivity contribution is 6.33. The van der Waals surface area contributed by atoms with Gasteiger partial charge >= 0.3 is 0 Å². The van der Waals surface area contributed by atoms with Crippen LogP contribution in [0, 0.1) is 11.6 Å². The number of hydrogen-bond donors (Lipinski definition) is 2. The minimum atomic E-state index is -1.15. The van der Waals surface area contributed by atoms with Crippen molar-refractivity contribution in [1.29, 1.82) is 0 Å². The lowest BCUT2D eigenvalue weighted by atomic mass is 9.90. The Morgan fingerprint density at radius 1 is 1.35 bits per heavy atom. The Morgan fingerprint density at radius 3 is 2.55 bits per heavy atom. The zero-order valence-corrected chi connectivity index (χ0v) is 11.3. The minimum absolute atomic E-state index is 0.162. The smallest absolute Gasteiger partial charge is 0.253 e. The third kappa shape index (κ3) is 3.08. The van der Waals surface area contributed by atoms with Gasteiger partial charge in [-0.25, -0.2) is 8.78 Å². The summed E-state index contributed by atoms with van der Waals surface area (Å²) in [5, 5.41) is 11.9. The monoisotopic (exact) mass is 305 g/mol. The number of hydrogen-bond acceptors (Lipinski definition) is 3. The molecule has 1 fully saturated rings. The van der Waals surface area contributed by atoms with E-state index in [1.165, 1.54) is 0 Å². The van der Waals surface area contributed by atoms with Gasteiger partial charge in [-0.05, 0) is 25.0 Å². The molecule has 4 nitrogen and oxygen atoms in total. The second-order valence-corrected chi connectivity index (χ2v) is 5.16. The summed E-state index contributed by atoms with van der Waals surface area (Å²) in [5.41, 5.74) is -0.978. The number of carbonyl (C=O) groups excluding carboxylic acids is 1. The number of ether oxygens (including phenoxy) is 1. The summed E-state index contributed by atoms with van der Waals surface area (Å²) in [6, 6.07) is 1.50. The van der Waals surface area contributed by atoms with E-state index >= 15 is 0 Å². The van der Waals surface area contributed by atoms with Crippen LogP contribution in [-0.2, 0) is 4.74 Å². The summed E-state index contributed by atoms with van der Waals surface area (Å²) in [6.45, 7) is 0.558. The maximum atomic E-state index is 13.2. The topological polar surface area (TPSA) is 58.6 Å². The van der Waals surface area contributed by atoms with Gasteiger partial charge in [0, 0.05) is 13.2 Å². The summed E-state index contributed by atoms with van der Waals surface area (Å²) in [4.78, 5) is 12.1. The second-order valence-electron chi connectivity index (χ2n) is 4.75. The molecule has 0 bridgehead atoms. The molecule has 1 heterocycles. The first-order valence-corrected chi connectivity index (χ1v) is 6.51. The van der Waals surface area contributed by atoms with Crippen molar-refractivity contribution in [2.75, 3.05) is 19.8 Å². The molecule has 0 radical (unpaired) electrons. The van der Waals surface area contributed by atoms with Gasteiger partial charge in [0.15, 0.2) is 11.6 Å². The van der Waals surface area contributed by atoms with E-state index < -0.39 is 23.1 Å². The van der Waals surface area contributed by atoms with Gasteiger partial charge in [-0.3, -0.25) is 4.79 Å². The fourth-order valence-corrected chi connectivity index (χ4v) is 2.33. The molecule has 1 aromatic rings. The Morgan fingerprint density at radius 2 is 1.95 bits per heavy atom. The predicted molar refractivity (Wildman–Crippen MR) is 68.7 cm³/mol.